The van der Waals surface area contributed by atoms with Crippen LogP contribution in [-0.4, -0.2) is 9.61 Å². The predicted molar refractivity (Wildman–Crippen MR) is 62.6 cm³/mol. The molecule has 0 N–H and O–H groups in total. The van der Waals surface area contributed by atoms with Gasteiger partial charge in [-0.15, -0.1) is 0 Å². The van der Waals surface area contributed by atoms with E-state index in [9.17, 15) is 0 Å². The Morgan fingerprint density at radius 3 is 2.94 bits per heavy atom. The highest BCUT2D eigenvalue weighted by Gasteiger charge is 2.11. The fraction of sp³-hybridized carbons (Fsp3) is 0.0833. The number of nitrogens with zero attached hydrogens (tertiary/aromatic N) is 2. The van der Waals surface area contributed by atoms with Crippen LogP contribution < -0.4 is 0 Å². The number of aryl methyl sites for hydroxylation is 1. The topological polar surface area (TPSA) is 30.4 Å². The Morgan fingerprint density at radius 1 is 1.31 bits per heavy atom. The Hall–Kier alpha value is -1.74. The van der Waals surface area contributed by atoms with Crippen molar-refractivity contribution in [3.63, 3.8) is 0 Å². The lowest BCUT2D eigenvalue weighted by Gasteiger charge is -2.00. The Labute approximate surface area is 97.3 Å². The van der Waals surface area contributed by atoms with E-state index in [1.54, 1.807) is 10.8 Å². The third kappa shape index (κ3) is 1.32. The summed E-state index contributed by atoms with van der Waals surface area (Å²) in [6, 6.07) is 9.53. The summed E-state index contributed by atoms with van der Waals surface area (Å²) in [6.07, 6.45) is 1.67. The summed E-state index contributed by atoms with van der Waals surface area (Å²) in [7, 11) is 0. The highest BCUT2D eigenvalue weighted by Crippen LogP contribution is 2.28. The fourth-order valence-corrected chi connectivity index (χ4v) is 1.98. The highest BCUT2D eigenvalue weighted by molar-refractivity contribution is 6.33. The van der Waals surface area contributed by atoms with Crippen LogP contribution in [0.2, 0.25) is 5.02 Å². The Balaban J connectivity index is 2.30. The van der Waals surface area contributed by atoms with Gasteiger partial charge in [-0.1, -0.05) is 29.8 Å². The Morgan fingerprint density at radius 2 is 2.12 bits per heavy atom. The zero-order valence-electron chi connectivity index (χ0n) is 8.64. The lowest BCUT2D eigenvalue weighted by Crippen LogP contribution is -1.89. The lowest BCUT2D eigenvalue weighted by molar-refractivity contribution is 0.606. The summed E-state index contributed by atoms with van der Waals surface area (Å²) in [5, 5.41) is 5.05. The van der Waals surface area contributed by atoms with E-state index in [0.29, 0.717) is 5.02 Å². The molecule has 0 radical (unpaired) electrons. The smallest absolute Gasteiger partial charge is 0.222 e. The van der Waals surface area contributed by atoms with E-state index in [2.05, 4.69) is 5.10 Å². The molecule has 0 aliphatic carbocycles. The summed E-state index contributed by atoms with van der Waals surface area (Å²) in [5.41, 5.74) is 3.44. The average Bonchev–Trinajstić information content (AvgIpc) is 2.78. The number of fused-ring (bicyclic) bond motifs is 1. The molecule has 16 heavy (non-hydrogen) atoms. The van der Waals surface area contributed by atoms with Gasteiger partial charge in [-0.3, -0.25) is 0 Å². The minimum Gasteiger partial charge on any atom is -0.444 e. The Kier molecular flexibility index (Phi) is 2.01. The predicted octanol–water partition coefficient (Wildman–Crippen LogP) is 3.56. The molecule has 80 valence electrons. The van der Waals surface area contributed by atoms with E-state index in [4.69, 9.17) is 16.0 Å². The molecular formula is C12H9ClN2O. The molecule has 2 aromatic heterocycles. The summed E-state index contributed by atoms with van der Waals surface area (Å²) in [5.74, 6) is 0. The lowest BCUT2D eigenvalue weighted by atomic mass is 10.2. The summed E-state index contributed by atoms with van der Waals surface area (Å²) < 4.78 is 7.18. The van der Waals surface area contributed by atoms with Crippen molar-refractivity contribution in [2.75, 3.05) is 0 Å². The first kappa shape index (κ1) is 9.48. The molecule has 0 aliphatic rings. The van der Waals surface area contributed by atoms with E-state index in [-0.39, 0.29) is 0 Å². The first-order valence-corrected chi connectivity index (χ1v) is 5.32. The van der Waals surface area contributed by atoms with Crippen LogP contribution in [0.5, 0.6) is 0 Å². The normalized spacial score (nSPS) is 11.1. The number of benzene rings is 1. The number of halogens is 1. The maximum atomic E-state index is 6.14. The molecule has 1 aromatic carbocycles. The van der Waals surface area contributed by atoms with Gasteiger partial charge in [0.05, 0.1) is 10.7 Å². The zero-order chi connectivity index (χ0) is 11.1. The van der Waals surface area contributed by atoms with Gasteiger partial charge in [0.25, 0.3) is 0 Å². The maximum Gasteiger partial charge on any atom is 0.222 e. The van der Waals surface area contributed by atoms with Crippen molar-refractivity contribution in [3.8, 4) is 11.3 Å². The van der Waals surface area contributed by atoms with Crippen molar-refractivity contribution in [1.82, 2.24) is 9.61 Å². The highest BCUT2D eigenvalue weighted by atomic mass is 35.5. The molecule has 0 saturated carbocycles. The van der Waals surface area contributed by atoms with Crippen molar-refractivity contribution in [2.24, 2.45) is 0 Å². The molecule has 2 heterocycles. The molecular weight excluding hydrogens is 224 g/mol. The van der Waals surface area contributed by atoms with Gasteiger partial charge in [-0.2, -0.15) is 9.61 Å². The molecule has 3 rings (SSSR count). The second-order valence-electron chi connectivity index (χ2n) is 3.64. The third-order valence-corrected chi connectivity index (χ3v) is 2.80. The molecule has 0 spiro atoms. The van der Waals surface area contributed by atoms with Gasteiger partial charge in [0.15, 0.2) is 0 Å². The van der Waals surface area contributed by atoms with E-state index in [1.165, 1.54) is 0 Å². The minimum absolute atomic E-state index is 0.693. The second-order valence-corrected chi connectivity index (χ2v) is 4.04. The van der Waals surface area contributed by atoms with E-state index in [0.717, 1.165) is 22.7 Å². The van der Waals surface area contributed by atoms with Crippen LogP contribution in [-0.2, 0) is 0 Å². The van der Waals surface area contributed by atoms with Crippen molar-refractivity contribution < 1.29 is 4.42 Å². The van der Waals surface area contributed by atoms with Crippen LogP contribution in [0, 0.1) is 6.92 Å². The first-order valence-electron chi connectivity index (χ1n) is 4.94. The molecule has 3 aromatic rings. The van der Waals surface area contributed by atoms with Gasteiger partial charge in [-0.05, 0) is 13.0 Å². The van der Waals surface area contributed by atoms with Crippen molar-refractivity contribution in [1.29, 1.82) is 0 Å². The molecule has 3 nitrogen and oxygen atoms in total. The molecule has 0 aliphatic heterocycles. The van der Waals surface area contributed by atoms with Gasteiger partial charge >= 0.3 is 0 Å². The van der Waals surface area contributed by atoms with Gasteiger partial charge in [-0.25, -0.2) is 0 Å². The molecule has 0 unspecified atom stereocenters. The van der Waals surface area contributed by atoms with Crippen molar-refractivity contribution in [2.45, 2.75) is 6.92 Å². The summed E-state index contributed by atoms with van der Waals surface area (Å²) in [4.78, 5) is 0. The SMILES string of the molecule is Cc1cc2occ(-c3ccccc3Cl)n2n1. The van der Waals surface area contributed by atoms with E-state index < -0.39 is 0 Å². The quantitative estimate of drug-likeness (QED) is 0.642. The molecule has 0 fully saturated rings. The van der Waals surface area contributed by atoms with Gasteiger partial charge in [0, 0.05) is 11.6 Å². The van der Waals surface area contributed by atoms with Crippen molar-refractivity contribution in [3.05, 3.63) is 47.3 Å². The van der Waals surface area contributed by atoms with E-state index in [1.807, 2.05) is 37.3 Å². The van der Waals surface area contributed by atoms with Gasteiger partial charge in [0.2, 0.25) is 5.71 Å². The standard InChI is InChI=1S/C12H9ClN2O/c1-8-6-12-15(14-8)11(7-16-12)9-4-2-3-5-10(9)13/h2-7H,1H3. The number of hydrogen-bond acceptors (Lipinski definition) is 2. The largest absolute Gasteiger partial charge is 0.444 e. The molecule has 4 heteroatoms. The average molecular weight is 233 g/mol. The summed E-state index contributed by atoms with van der Waals surface area (Å²) in [6.45, 7) is 1.93. The molecule has 0 bridgehead atoms. The zero-order valence-corrected chi connectivity index (χ0v) is 9.40. The minimum atomic E-state index is 0.693. The van der Waals surface area contributed by atoms with E-state index >= 15 is 0 Å². The van der Waals surface area contributed by atoms with Crippen molar-refractivity contribution >= 4 is 17.3 Å². The Bertz CT molecular complexity index is 654. The van der Waals surface area contributed by atoms with Crippen LogP contribution >= 0.6 is 11.6 Å². The maximum absolute atomic E-state index is 6.14. The first-order chi connectivity index (χ1) is 7.75. The molecule has 0 atom stereocenters. The number of oxazole rings is 1. The molecule has 0 amide bonds. The third-order valence-electron chi connectivity index (χ3n) is 2.47. The van der Waals surface area contributed by atoms with Gasteiger partial charge < -0.3 is 4.42 Å². The van der Waals surface area contributed by atoms with Gasteiger partial charge in [0.1, 0.15) is 12.0 Å². The van der Waals surface area contributed by atoms with Crippen LogP contribution in [0.3, 0.4) is 0 Å². The van der Waals surface area contributed by atoms with Crippen LogP contribution in [0.4, 0.5) is 0 Å². The van der Waals surface area contributed by atoms with Crippen LogP contribution in [0.1, 0.15) is 5.69 Å². The molecule has 0 saturated heterocycles. The monoisotopic (exact) mass is 232 g/mol. The number of aromatic nitrogens is 2. The van der Waals surface area contributed by atoms with Crippen LogP contribution in [0.15, 0.2) is 41.0 Å². The second kappa shape index (κ2) is 3.39. The summed E-state index contributed by atoms with van der Waals surface area (Å²) >= 11 is 6.14. The number of rotatable bonds is 1. The number of hydrogen-bond donors (Lipinski definition) is 0. The fourth-order valence-electron chi connectivity index (χ4n) is 1.74. The van der Waals surface area contributed by atoms with Crippen LogP contribution in [0.25, 0.3) is 17.0 Å².